The van der Waals surface area contributed by atoms with Crippen LogP contribution in [0.3, 0.4) is 0 Å². The van der Waals surface area contributed by atoms with Crippen LogP contribution in [0.1, 0.15) is 73.3 Å². The Morgan fingerprint density at radius 2 is 1.38 bits per heavy atom. The van der Waals surface area contributed by atoms with E-state index in [1.54, 1.807) is 0 Å². The van der Waals surface area contributed by atoms with Gasteiger partial charge in [0.05, 0.1) is 17.5 Å². The second-order valence-electron chi connectivity index (χ2n) is 9.60. The third-order valence-electron chi connectivity index (χ3n) is 6.58. The highest BCUT2D eigenvalue weighted by atomic mass is 32.1. The molecule has 0 bridgehead atoms. The molecular formula is C37H33NOS. The molecule has 0 saturated heterocycles. The number of benzene rings is 4. The first-order valence-corrected chi connectivity index (χ1v) is 14.2. The summed E-state index contributed by atoms with van der Waals surface area (Å²) < 4.78 is 5.99. The molecule has 0 fully saturated rings. The van der Waals surface area contributed by atoms with Crippen molar-refractivity contribution in [2.75, 3.05) is 6.61 Å². The minimum Gasteiger partial charge on any atom is -0.494 e. The average molecular weight is 540 g/mol. The Balaban J connectivity index is 1.40. The molecule has 0 heterocycles. The van der Waals surface area contributed by atoms with Crippen molar-refractivity contribution in [3.8, 4) is 29.4 Å². The molecule has 0 aliphatic rings. The van der Waals surface area contributed by atoms with Gasteiger partial charge in [-0.05, 0) is 102 Å². The van der Waals surface area contributed by atoms with Gasteiger partial charge in [-0.1, -0.05) is 87.5 Å². The molecule has 2 nitrogen and oxygen atoms in total. The molecule has 198 valence electrons. The number of fused-ring (bicyclic) bond motifs is 1. The number of unbranched alkanes of at least 4 members (excludes halogenated alkanes) is 5. The predicted molar refractivity (Wildman–Crippen MR) is 172 cm³/mol. The Hall–Kier alpha value is -4.40. The van der Waals surface area contributed by atoms with Crippen LogP contribution >= 0.6 is 12.2 Å². The Bertz CT molecular complexity index is 1640. The van der Waals surface area contributed by atoms with Gasteiger partial charge in [-0.3, -0.25) is 0 Å². The number of hydrogen-bond donors (Lipinski definition) is 0. The lowest BCUT2D eigenvalue weighted by atomic mass is 10.0. The van der Waals surface area contributed by atoms with Crippen molar-refractivity contribution >= 4 is 39.9 Å². The van der Waals surface area contributed by atoms with Crippen LogP contribution in [0.5, 0.6) is 5.75 Å². The molecular weight excluding hydrogens is 506 g/mol. The highest BCUT2D eigenvalue weighted by Gasteiger charge is 2.01. The molecule has 4 aromatic rings. The van der Waals surface area contributed by atoms with Gasteiger partial charge in [0.2, 0.25) is 0 Å². The van der Waals surface area contributed by atoms with Crippen LogP contribution in [0, 0.1) is 23.7 Å². The zero-order valence-electron chi connectivity index (χ0n) is 23.0. The fraction of sp³-hybridized carbons (Fsp3) is 0.216. The van der Waals surface area contributed by atoms with Crippen molar-refractivity contribution in [2.24, 2.45) is 4.99 Å². The van der Waals surface area contributed by atoms with Crippen LogP contribution in [0.4, 0.5) is 5.69 Å². The Kier molecular flexibility index (Phi) is 10.9. The van der Waals surface area contributed by atoms with Crippen molar-refractivity contribution in [1.29, 1.82) is 0 Å². The largest absolute Gasteiger partial charge is 0.494 e. The second-order valence-corrected chi connectivity index (χ2v) is 9.78. The Morgan fingerprint density at radius 3 is 2.17 bits per heavy atom. The number of hydrogen-bond acceptors (Lipinski definition) is 3. The zero-order chi connectivity index (χ0) is 28.0. The summed E-state index contributed by atoms with van der Waals surface area (Å²) in [6.07, 6.45) is 9.40. The summed E-state index contributed by atoms with van der Waals surface area (Å²) in [6, 6.07) is 26.1. The van der Waals surface area contributed by atoms with Gasteiger partial charge >= 0.3 is 0 Å². The van der Waals surface area contributed by atoms with Gasteiger partial charge < -0.3 is 4.74 Å². The van der Waals surface area contributed by atoms with Crippen molar-refractivity contribution in [3.63, 3.8) is 0 Å². The van der Waals surface area contributed by atoms with Crippen molar-refractivity contribution < 1.29 is 4.74 Å². The third-order valence-corrected chi connectivity index (χ3v) is 6.68. The average Bonchev–Trinajstić information content (AvgIpc) is 2.99. The molecule has 0 aliphatic heterocycles. The minimum atomic E-state index is 0.765. The molecule has 0 aromatic heterocycles. The molecule has 4 rings (SSSR count). The van der Waals surface area contributed by atoms with Crippen LogP contribution < -0.4 is 4.74 Å². The first-order chi connectivity index (χ1) is 19.7. The van der Waals surface area contributed by atoms with E-state index in [2.05, 4.69) is 89.9 Å². The molecule has 0 unspecified atom stereocenters. The Labute approximate surface area is 243 Å². The summed E-state index contributed by atoms with van der Waals surface area (Å²) in [7, 11) is 0. The van der Waals surface area contributed by atoms with Gasteiger partial charge in [-0.15, -0.1) is 0 Å². The quantitative estimate of drug-likeness (QED) is 0.0866. The monoisotopic (exact) mass is 539 g/mol. The molecule has 0 aliphatic carbocycles. The number of aliphatic imine (C=N–C) groups is 1. The molecule has 0 spiro atoms. The zero-order valence-corrected chi connectivity index (χ0v) is 23.8. The van der Waals surface area contributed by atoms with Crippen LogP contribution in [-0.4, -0.2) is 11.8 Å². The highest BCUT2D eigenvalue weighted by molar-refractivity contribution is 7.78. The van der Waals surface area contributed by atoms with Gasteiger partial charge in [0, 0.05) is 22.3 Å². The number of isothiocyanates is 1. The SMILES string of the molecule is C=Cc1cc(C#Cc2ccc(N=C=S)cc2)ccc1C#Cc1ccc2cc(OCCCCCCCC)ccc2c1. The van der Waals surface area contributed by atoms with Crippen LogP contribution in [0.2, 0.25) is 0 Å². The van der Waals surface area contributed by atoms with E-state index in [1.165, 1.54) is 32.1 Å². The Morgan fingerprint density at radius 1 is 0.725 bits per heavy atom. The summed E-state index contributed by atoms with van der Waals surface area (Å²) in [6.45, 7) is 6.99. The van der Waals surface area contributed by atoms with Crippen molar-refractivity contribution in [2.45, 2.75) is 45.4 Å². The van der Waals surface area contributed by atoms with E-state index < -0.39 is 0 Å². The van der Waals surface area contributed by atoms with E-state index in [-0.39, 0.29) is 0 Å². The molecule has 4 aromatic carbocycles. The summed E-state index contributed by atoms with van der Waals surface area (Å²) in [5.74, 6) is 13.9. The third kappa shape index (κ3) is 8.56. The molecule has 0 N–H and O–H groups in total. The summed E-state index contributed by atoms with van der Waals surface area (Å²) >= 11 is 4.64. The number of thiocarbonyl (C=S) groups is 1. The van der Waals surface area contributed by atoms with Gasteiger partial charge in [-0.25, -0.2) is 0 Å². The van der Waals surface area contributed by atoms with E-state index in [1.807, 2.05) is 54.6 Å². The molecule has 0 amide bonds. The first-order valence-electron chi connectivity index (χ1n) is 13.8. The van der Waals surface area contributed by atoms with E-state index >= 15 is 0 Å². The molecule has 40 heavy (non-hydrogen) atoms. The van der Waals surface area contributed by atoms with Gasteiger partial charge in [-0.2, -0.15) is 4.99 Å². The van der Waals surface area contributed by atoms with E-state index in [9.17, 15) is 0 Å². The predicted octanol–water partition coefficient (Wildman–Crippen LogP) is 9.76. The van der Waals surface area contributed by atoms with E-state index in [0.29, 0.717) is 0 Å². The van der Waals surface area contributed by atoms with E-state index in [0.717, 1.165) is 63.1 Å². The second kappa shape index (κ2) is 15.3. The smallest absolute Gasteiger partial charge is 0.119 e. The van der Waals surface area contributed by atoms with E-state index in [4.69, 9.17) is 4.74 Å². The van der Waals surface area contributed by atoms with Crippen LogP contribution in [0.15, 0.2) is 90.4 Å². The topological polar surface area (TPSA) is 21.6 Å². The maximum Gasteiger partial charge on any atom is 0.119 e. The highest BCUT2D eigenvalue weighted by Crippen LogP contribution is 2.23. The lowest BCUT2D eigenvalue weighted by molar-refractivity contribution is 0.305. The lowest BCUT2D eigenvalue weighted by Crippen LogP contribution is -1.97. The lowest BCUT2D eigenvalue weighted by Gasteiger charge is -2.08. The summed E-state index contributed by atoms with van der Waals surface area (Å²) in [5, 5.41) is 4.67. The molecule has 3 heteroatoms. The van der Waals surface area contributed by atoms with Gasteiger partial charge in [0.25, 0.3) is 0 Å². The van der Waals surface area contributed by atoms with Crippen molar-refractivity contribution in [3.05, 3.63) is 113 Å². The fourth-order valence-electron chi connectivity index (χ4n) is 4.34. The number of ether oxygens (including phenoxy) is 1. The van der Waals surface area contributed by atoms with Gasteiger partial charge in [0.15, 0.2) is 0 Å². The normalized spacial score (nSPS) is 10.0. The summed E-state index contributed by atoms with van der Waals surface area (Å²) in [4.78, 5) is 3.96. The fourth-order valence-corrected chi connectivity index (χ4v) is 4.45. The first kappa shape index (κ1) is 28.6. The van der Waals surface area contributed by atoms with Crippen LogP contribution in [-0.2, 0) is 0 Å². The van der Waals surface area contributed by atoms with Crippen LogP contribution in [0.25, 0.3) is 16.8 Å². The molecule has 0 saturated carbocycles. The number of rotatable bonds is 10. The maximum atomic E-state index is 5.99. The molecule has 0 atom stereocenters. The maximum absolute atomic E-state index is 5.99. The van der Waals surface area contributed by atoms with Gasteiger partial charge in [0.1, 0.15) is 5.75 Å². The molecule has 0 radical (unpaired) electrons. The number of nitrogens with zero attached hydrogens (tertiary/aromatic N) is 1. The summed E-state index contributed by atoms with van der Waals surface area (Å²) in [5.41, 5.74) is 5.41. The minimum absolute atomic E-state index is 0.765. The van der Waals surface area contributed by atoms with Crippen molar-refractivity contribution in [1.82, 2.24) is 0 Å². The standard InChI is InChI=1S/C37H33NOS/c1-3-5-6-7-8-9-24-39-37-23-20-34-26-31(14-19-35(34)27-37)13-18-33-17-12-30(25-32(33)4-2)11-10-29-15-21-36(22-16-29)38-28-40/h4,12,14-17,19-23,25-27H,2-3,5-9,24H2,1H3.